The highest BCUT2D eigenvalue weighted by molar-refractivity contribution is 7.13. The molecule has 1 heterocycles. The Bertz CT molecular complexity index is 418. The summed E-state index contributed by atoms with van der Waals surface area (Å²) in [7, 11) is 0. The quantitative estimate of drug-likeness (QED) is 0.857. The van der Waals surface area contributed by atoms with Crippen LogP contribution in [0.2, 0.25) is 0 Å². The number of hydrogen-bond donors (Lipinski definition) is 1. The van der Waals surface area contributed by atoms with Crippen LogP contribution in [-0.2, 0) is 4.79 Å². The van der Waals surface area contributed by atoms with Gasteiger partial charge < -0.3 is 5.32 Å². The van der Waals surface area contributed by atoms with E-state index < -0.39 is 0 Å². The summed E-state index contributed by atoms with van der Waals surface area (Å²) in [4.78, 5) is 16.5. The molecule has 1 aromatic rings. The lowest BCUT2D eigenvalue weighted by Crippen LogP contribution is -2.32. The average molecular weight is 236 g/mol. The predicted octanol–water partition coefficient (Wildman–Crippen LogP) is 2.97. The molecule has 3 rings (SSSR count). The maximum absolute atomic E-state index is 12.3. The van der Waals surface area contributed by atoms with Crippen LogP contribution in [-0.4, -0.2) is 10.9 Å². The van der Waals surface area contributed by atoms with Crippen LogP contribution in [0.4, 0.5) is 5.13 Å². The van der Waals surface area contributed by atoms with Crippen molar-refractivity contribution in [1.82, 2.24) is 4.98 Å². The molecule has 0 saturated heterocycles. The molecule has 3 nitrogen and oxygen atoms in total. The molecule has 2 aliphatic carbocycles. The van der Waals surface area contributed by atoms with E-state index in [0.717, 1.165) is 36.0 Å². The lowest BCUT2D eigenvalue weighted by molar-refractivity contribution is -0.125. The number of carbonyl (C=O) groups excluding carboxylic acids is 1. The number of nitrogens with one attached hydrogen (secondary N) is 1. The van der Waals surface area contributed by atoms with E-state index >= 15 is 0 Å². The second-order valence-corrected chi connectivity index (χ2v) is 6.03. The molecular weight excluding hydrogens is 220 g/mol. The SMILES string of the molecule is Cc1csc(NC(=O)C23CCC(CC2)C3)n1. The Balaban J connectivity index is 1.74. The molecule has 0 aliphatic heterocycles. The highest BCUT2D eigenvalue weighted by atomic mass is 32.1. The Labute approximate surface area is 99.3 Å². The summed E-state index contributed by atoms with van der Waals surface area (Å²) in [5.74, 6) is 1.02. The van der Waals surface area contributed by atoms with Crippen molar-refractivity contribution in [3.8, 4) is 0 Å². The van der Waals surface area contributed by atoms with Gasteiger partial charge in [0.1, 0.15) is 0 Å². The van der Waals surface area contributed by atoms with Gasteiger partial charge in [0.05, 0.1) is 5.69 Å². The van der Waals surface area contributed by atoms with Gasteiger partial charge in [0.2, 0.25) is 5.91 Å². The summed E-state index contributed by atoms with van der Waals surface area (Å²) in [6.07, 6.45) is 5.74. The Kier molecular flexibility index (Phi) is 2.28. The van der Waals surface area contributed by atoms with E-state index in [2.05, 4.69) is 10.3 Å². The van der Waals surface area contributed by atoms with E-state index in [9.17, 15) is 4.79 Å². The van der Waals surface area contributed by atoms with Crippen LogP contribution in [0.1, 0.15) is 37.8 Å². The molecular formula is C12H16N2OS. The van der Waals surface area contributed by atoms with Gasteiger partial charge in [-0.1, -0.05) is 0 Å². The van der Waals surface area contributed by atoms with Crippen molar-refractivity contribution >= 4 is 22.4 Å². The lowest BCUT2D eigenvalue weighted by atomic mass is 9.83. The number of fused-ring (bicyclic) bond motifs is 2. The van der Waals surface area contributed by atoms with Gasteiger partial charge in [0, 0.05) is 10.8 Å². The average Bonchev–Trinajstić information content (AvgIpc) is 2.94. The molecule has 1 aromatic heterocycles. The number of nitrogens with zero attached hydrogens (tertiary/aromatic N) is 1. The van der Waals surface area contributed by atoms with Gasteiger partial charge in [-0.15, -0.1) is 11.3 Å². The lowest BCUT2D eigenvalue weighted by Gasteiger charge is -2.24. The molecule has 1 amide bonds. The van der Waals surface area contributed by atoms with Crippen molar-refractivity contribution in [3.63, 3.8) is 0 Å². The number of aromatic nitrogens is 1. The molecule has 0 spiro atoms. The zero-order valence-corrected chi connectivity index (χ0v) is 10.3. The molecule has 0 atom stereocenters. The number of rotatable bonds is 2. The first-order valence-corrected chi connectivity index (χ1v) is 6.79. The Morgan fingerprint density at radius 3 is 2.81 bits per heavy atom. The smallest absolute Gasteiger partial charge is 0.232 e. The third kappa shape index (κ3) is 1.56. The molecule has 0 aromatic carbocycles. The number of anilines is 1. The number of carbonyl (C=O) groups is 1. The second-order valence-electron chi connectivity index (χ2n) is 5.18. The summed E-state index contributed by atoms with van der Waals surface area (Å²) in [6.45, 7) is 1.95. The van der Waals surface area contributed by atoms with Gasteiger partial charge in [0.15, 0.2) is 5.13 Å². The van der Waals surface area contributed by atoms with Gasteiger partial charge >= 0.3 is 0 Å². The summed E-state index contributed by atoms with van der Waals surface area (Å²) in [5.41, 5.74) is 0.929. The Morgan fingerprint density at radius 1 is 1.56 bits per heavy atom. The summed E-state index contributed by atoms with van der Waals surface area (Å²) in [6, 6.07) is 0. The highest BCUT2D eigenvalue weighted by Crippen LogP contribution is 2.54. The van der Waals surface area contributed by atoms with Crippen molar-refractivity contribution in [2.24, 2.45) is 11.3 Å². The van der Waals surface area contributed by atoms with Gasteiger partial charge in [-0.3, -0.25) is 4.79 Å². The first kappa shape index (κ1) is 10.3. The molecule has 16 heavy (non-hydrogen) atoms. The van der Waals surface area contributed by atoms with Crippen LogP contribution in [0.15, 0.2) is 5.38 Å². The first-order chi connectivity index (χ1) is 7.68. The van der Waals surface area contributed by atoms with Crippen molar-refractivity contribution in [3.05, 3.63) is 11.1 Å². The van der Waals surface area contributed by atoms with Gasteiger partial charge in [0.25, 0.3) is 0 Å². The normalized spacial score (nSPS) is 31.9. The van der Waals surface area contributed by atoms with Crippen LogP contribution in [0, 0.1) is 18.3 Å². The molecule has 2 bridgehead atoms. The van der Waals surface area contributed by atoms with Crippen molar-refractivity contribution in [1.29, 1.82) is 0 Å². The van der Waals surface area contributed by atoms with Crippen LogP contribution in [0.25, 0.3) is 0 Å². The third-order valence-corrected chi connectivity index (χ3v) is 4.94. The van der Waals surface area contributed by atoms with Crippen molar-refractivity contribution < 1.29 is 4.79 Å². The largest absolute Gasteiger partial charge is 0.301 e. The molecule has 0 radical (unpaired) electrons. The molecule has 2 saturated carbocycles. The van der Waals surface area contributed by atoms with E-state index in [1.54, 1.807) is 0 Å². The topological polar surface area (TPSA) is 42.0 Å². The van der Waals surface area contributed by atoms with Crippen molar-refractivity contribution in [2.45, 2.75) is 39.0 Å². The molecule has 2 fully saturated rings. The summed E-state index contributed by atoms with van der Waals surface area (Å²) >= 11 is 1.52. The van der Waals surface area contributed by atoms with E-state index in [-0.39, 0.29) is 11.3 Å². The zero-order chi connectivity index (χ0) is 11.2. The van der Waals surface area contributed by atoms with Gasteiger partial charge in [-0.2, -0.15) is 0 Å². The van der Waals surface area contributed by atoms with Gasteiger partial charge in [-0.25, -0.2) is 4.98 Å². The maximum atomic E-state index is 12.3. The third-order valence-electron chi connectivity index (χ3n) is 4.06. The van der Waals surface area contributed by atoms with E-state index in [0.29, 0.717) is 0 Å². The van der Waals surface area contributed by atoms with Crippen LogP contribution >= 0.6 is 11.3 Å². The predicted molar refractivity (Wildman–Crippen MR) is 64.5 cm³/mol. The van der Waals surface area contributed by atoms with Gasteiger partial charge in [-0.05, 0) is 44.9 Å². The maximum Gasteiger partial charge on any atom is 0.232 e. The highest BCUT2D eigenvalue weighted by Gasteiger charge is 2.50. The second kappa shape index (κ2) is 3.55. The summed E-state index contributed by atoms with van der Waals surface area (Å²) in [5, 5.41) is 5.72. The molecule has 1 N–H and O–H groups in total. The fourth-order valence-electron chi connectivity index (χ4n) is 3.15. The molecule has 2 aliphatic rings. The number of hydrogen-bond acceptors (Lipinski definition) is 3. The van der Waals surface area contributed by atoms with E-state index in [1.165, 1.54) is 24.2 Å². The summed E-state index contributed by atoms with van der Waals surface area (Å²) < 4.78 is 0. The van der Waals surface area contributed by atoms with Crippen LogP contribution in [0.5, 0.6) is 0 Å². The monoisotopic (exact) mass is 236 g/mol. The minimum atomic E-state index is -0.0513. The fraction of sp³-hybridized carbons (Fsp3) is 0.667. The van der Waals surface area contributed by atoms with E-state index in [1.807, 2.05) is 12.3 Å². The first-order valence-electron chi connectivity index (χ1n) is 5.92. The molecule has 0 unspecified atom stereocenters. The van der Waals surface area contributed by atoms with E-state index in [4.69, 9.17) is 0 Å². The molecule has 4 heteroatoms. The minimum absolute atomic E-state index is 0.0513. The molecule has 86 valence electrons. The number of amides is 1. The fourth-order valence-corrected chi connectivity index (χ4v) is 3.84. The number of thiazole rings is 1. The van der Waals surface area contributed by atoms with Crippen LogP contribution in [0.3, 0.4) is 0 Å². The zero-order valence-electron chi connectivity index (χ0n) is 9.45. The standard InChI is InChI=1S/C12H16N2OS/c1-8-7-16-11(13-8)14-10(15)12-4-2-9(6-12)3-5-12/h7,9H,2-6H2,1H3,(H,13,14,15). The minimum Gasteiger partial charge on any atom is -0.301 e. The Hall–Kier alpha value is -0.900. The number of aryl methyl sites for hydroxylation is 1. The van der Waals surface area contributed by atoms with Crippen LogP contribution < -0.4 is 5.32 Å². The van der Waals surface area contributed by atoms with Crippen molar-refractivity contribution in [2.75, 3.05) is 5.32 Å². The Morgan fingerprint density at radius 2 is 2.31 bits per heavy atom.